The van der Waals surface area contributed by atoms with Gasteiger partial charge in [0.25, 0.3) is 0 Å². The van der Waals surface area contributed by atoms with E-state index in [0.717, 1.165) is 31.7 Å². The van der Waals surface area contributed by atoms with Crippen LogP contribution in [-0.4, -0.2) is 30.2 Å². The lowest BCUT2D eigenvalue weighted by Crippen LogP contribution is -2.48. The fraction of sp³-hybridized carbons (Fsp3) is 0.368. The fourth-order valence-electron chi connectivity index (χ4n) is 2.92. The van der Waals surface area contributed by atoms with Gasteiger partial charge in [-0.25, -0.2) is 4.39 Å². The van der Waals surface area contributed by atoms with E-state index in [9.17, 15) is 4.39 Å². The molecule has 1 fully saturated rings. The smallest absolute Gasteiger partial charge is 0.123 e. The summed E-state index contributed by atoms with van der Waals surface area (Å²) in [7, 11) is 0. The van der Waals surface area contributed by atoms with Crippen molar-refractivity contribution < 1.29 is 9.13 Å². The van der Waals surface area contributed by atoms with E-state index in [1.54, 1.807) is 0 Å². The van der Waals surface area contributed by atoms with Crippen molar-refractivity contribution in [1.82, 2.24) is 4.90 Å². The Kier molecular flexibility index (Phi) is 4.86. The molecule has 1 aliphatic heterocycles. The van der Waals surface area contributed by atoms with Crippen LogP contribution in [0.1, 0.15) is 18.1 Å². The summed E-state index contributed by atoms with van der Waals surface area (Å²) in [6.07, 6.45) is 1.00. The van der Waals surface area contributed by atoms with Gasteiger partial charge in [-0.05, 0) is 36.6 Å². The number of benzene rings is 2. The molecule has 2 atom stereocenters. The quantitative estimate of drug-likeness (QED) is 0.854. The Morgan fingerprint density at radius 1 is 1.05 bits per heavy atom. The van der Waals surface area contributed by atoms with Gasteiger partial charge in [0.1, 0.15) is 5.82 Å². The van der Waals surface area contributed by atoms with Crippen molar-refractivity contribution in [3.63, 3.8) is 0 Å². The summed E-state index contributed by atoms with van der Waals surface area (Å²) in [5.74, 6) is -0.187. The predicted molar refractivity (Wildman–Crippen MR) is 86.2 cm³/mol. The first kappa shape index (κ1) is 15.2. The molecule has 1 aliphatic rings. The van der Waals surface area contributed by atoms with Crippen LogP contribution in [0.4, 0.5) is 4.39 Å². The summed E-state index contributed by atoms with van der Waals surface area (Å²) in [6, 6.07) is 17.7. The van der Waals surface area contributed by atoms with Gasteiger partial charge in [0.05, 0.1) is 12.7 Å². The molecule has 1 saturated heterocycles. The minimum Gasteiger partial charge on any atom is -0.375 e. The van der Waals surface area contributed by atoms with Crippen molar-refractivity contribution in [3.8, 4) is 0 Å². The zero-order chi connectivity index (χ0) is 15.4. The Balaban J connectivity index is 1.61. The first-order valence-electron chi connectivity index (χ1n) is 7.85. The molecule has 2 aromatic carbocycles. The summed E-state index contributed by atoms with van der Waals surface area (Å²) in [5, 5.41) is 0. The van der Waals surface area contributed by atoms with Crippen LogP contribution in [-0.2, 0) is 17.7 Å². The Hall–Kier alpha value is -1.71. The molecule has 0 aromatic heterocycles. The Bertz CT molecular complexity index is 584. The molecule has 2 nitrogen and oxygen atoms in total. The highest BCUT2D eigenvalue weighted by Crippen LogP contribution is 2.18. The molecule has 2 aromatic rings. The summed E-state index contributed by atoms with van der Waals surface area (Å²) in [5.41, 5.74) is 2.46. The number of ether oxygens (including phenoxy) is 1. The highest BCUT2D eigenvalue weighted by atomic mass is 19.1. The van der Waals surface area contributed by atoms with Crippen molar-refractivity contribution in [2.45, 2.75) is 32.0 Å². The van der Waals surface area contributed by atoms with Crippen LogP contribution >= 0.6 is 0 Å². The summed E-state index contributed by atoms with van der Waals surface area (Å²) < 4.78 is 18.9. The van der Waals surface area contributed by atoms with Gasteiger partial charge >= 0.3 is 0 Å². The highest BCUT2D eigenvalue weighted by Gasteiger charge is 2.26. The summed E-state index contributed by atoms with van der Waals surface area (Å²) >= 11 is 0. The monoisotopic (exact) mass is 299 g/mol. The molecule has 0 radical (unpaired) electrons. The van der Waals surface area contributed by atoms with Gasteiger partial charge in [0, 0.05) is 19.1 Å². The largest absolute Gasteiger partial charge is 0.375 e. The maximum Gasteiger partial charge on any atom is 0.123 e. The highest BCUT2D eigenvalue weighted by molar-refractivity contribution is 5.17. The maximum atomic E-state index is 13.0. The van der Waals surface area contributed by atoms with Gasteiger partial charge in [-0.2, -0.15) is 0 Å². The van der Waals surface area contributed by atoms with Crippen LogP contribution in [0.5, 0.6) is 0 Å². The van der Waals surface area contributed by atoms with Crippen LogP contribution in [0.2, 0.25) is 0 Å². The Morgan fingerprint density at radius 3 is 2.50 bits per heavy atom. The van der Waals surface area contributed by atoms with Crippen LogP contribution in [0.3, 0.4) is 0 Å². The topological polar surface area (TPSA) is 12.5 Å². The van der Waals surface area contributed by atoms with Crippen LogP contribution in [0.25, 0.3) is 0 Å². The molecule has 0 aliphatic carbocycles. The van der Waals surface area contributed by atoms with Gasteiger partial charge < -0.3 is 4.74 Å². The molecule has 0 saturated carbocycles. The zero-order valence-electron chi connectivity index (χ0n) is 12.9. The minimum atomic E-state index is -0.187. The van der Waals surface area contributed by atoms with E-state index in [4.69, 9.17) is 4.74 Å². The SMILES string of the molecule is CC1COC(Cc2ccc(F)cc2)CN1Cc1ccccc1. The van der Waals surface area contributed by atoms with E-state index in [-0.39, 0.29) is 11.9 Å². The third-order valence-corrected chi connectivity index (χ3v) is 4.24. The first-order valence-corrected chi connectivity index (χ1v) is 7.85. The average molecular weight is 299 g/mol. The molecule has 0 bridgehead atoms. The van der Waals surface area contributed by atoms with Gasteiger partial charge in [-0.3, -0.25) is 4.90 Å². The number of morpholine rings is 1. The van der Waals surface area contributed by atoms with Crippen molar-refractivity contribution >= 4 is 0 Å². The summed E-state index contributed by atoms with van der Waals surface area (Å²) in [4.78, 5) is 2.47. The lowest BCUT2D eigenvalue weighted by Gasteiger charge is -2.38. The second-order valence-corrected chi connectivity index (χ2v) is 6.05. The molecule has 1 heterocycles. The molecule has 2 unspecified atom stereocenters. The number of hydrogen-bond donors (Lipinski definition) is 0. The van der Waals surface area contributed by atoms with Crippen molar-refractivity contribution in [2.24, 2.45) is 0 Å². The van der Waals surface area contributed by atoms with Gasteiger partial charge in [-0.15, -0.1) is 0 Å². The van der Waals surface area contributed by atoms with Crippen molar-refractivity contribution in [3.05, 3.63) is 71.5 Å². The van der Waals surface area contributed by atoms with Crippen LogP contribution < -0.4 is 0 Å². The van der Waals surface area contributed by atoms with Crippen molar-refractivity contribution in [2.75, 3.05) is 13.2 Å². The second-order valence-electron chi connectivity index (χ2n) is 6.05. The van der Waals surface area contributed by atoms with E-state index in [1.165, 1.54) is 17.7 Å². The van der Waals surface area contributed by atoms with E-state index in [1.807, 2.05) is 18.2 Å². The van der Waals surface area contributed by atoms with Crippen molar-refractivity contribution in [1.29, 1.82) is 0 Å². The van der Waals surface area contributed by atoms with Gasteiger partial charge in [0.2, 0.25) is 0 Å². The predicted octanol–water partition coefficient (Wildman–Crippen LogP) is 3.66. The normalized spacial score (nSPS) is 22.6. The average Bonchev–Trinajstić information content (AvgIpc) is 2.54. The summed E-state index contributed by atoms with van der Waals surface area (Å²) in [6.45, 7) is 4.81. The van der Waals surface area contributed by atoms with E-state index in [2.05, 4.69) is 36.1 Å². The third-order valence-electron chi connectivity index (χ3n) is 4.24. The standard InChI is InChI=1S/C19H22FNO/c1-15-14-22-19(11-16-7-9-18(20)10-8-16)13-21(15)12-17-5-3-2-4-6-17/h2-10,15,19H,11-14H2,1H3. The molecular weight excluding hydrogens is 277 g/mol. The molecular formula is C19H22FNO. The zero-order valence-corrected chi connectivity index (χ0v) is 12.9. The Morgan fingerprint density at radius 2 is 1.77 bits per heavy atom. The van der Waals surface area contributed by atoms with E-state index < -0.39 is 0 Å². The lowest BCUT2D eigenvalue weighted by molar-refractivity contribution is -0.0606. The molecule has 0 amide bonds. The molecule has 22 heavy (non-hydrogen) atoms. The van der Waals surface area contributed by atoms with Crippen LogP contribution in [0.15, 0.2) is 54.6 Å². The number of halogens is 1. The van der Waals surface area contributed by atoms with E-state index in [0.29, 0.717) is 6.04 Å². The van der Waals surface area contributed by atoms with Gasteiger partial charge in [0.15, 0.2) is 0 Å². The number of rotatable bonds is 4. The fourth-order valence-corrected chi connectivity index (χ4v) is 2.92. The Labute approximate surface area is 131 Å². The molecule has 3 rings (SSSR count). The number of hydrogen-bond acceptors (Lipinski definition) is 2. The first-order chi connectivity index (χ1) is 10.7. The molecule has 3 heteroatoms. The van der Waals surface area contributed by atoms with Crippen LogP contribution in [0, 0.1) is 5.82 Å². The van der Waals surface area contributed by atoms with Gasteiger partial charge in [-0.1, -0.05) is 42.5 Å². The molecule has 116 valence electrons. The maximum absolute atomic E-state index is 13.0. The minimum absolute atomic E-state index is 0.172. The molecule has 0 spiro atoms. The van der Waals surface area contributed by atoms with E-state index >= 15 is 0 Å². The lowest BCUT2D eigenvalue weighted by atomic mass is 10.0. The number of nitrogens with zero attached hydrogens (tertiary/aromatic N) is 1. The third kappa shape index (κ3) is 3.93. The molecule has 0 N–H and O–H groups in total. The second kappa shape index (κ2) is 7.03.